The molecule has 1 aliphatic rings. The summed E-state index contributed by atoms with van der Waals surface area (Å²) in [7, 11) is 1.79. The van der Waals surface area contributed by atoms with E-state index >= 15 is 0 Å². The van der Waals surface area contributed by atoms with Gasteiger partial charge < -0.3 is 9.88 Å². The molecule has 82 valence electrons. The van der Waals surface area contributed by atoms with E-state index < -0.39 is 0 Å². The molecular formula is C12H18N2O. The molecule has 2 atom stereocenters. The van der Waals surface area contributed by atoms with Gasteiger partial charge in [0.05, 0.1) is 0 Å². The van der Waals surface area contributed by atoms with E-state index in [0.717, 1.165) is 19.5 Å². The van der Waals surface area contributed by atoms with E-state index in [0.29, 0.717) is 11.8 Å². The van der Waals surface area contributed by atoms with Gasteiger partial charge in [-0.25, -0.2) is 0 Å². The van der Waals surface area contributed by atoms with Crippen LogP contribution in [0, 0.1) is 5.92 Å². The Morgan fingerprint density at radius 1 is 1.53 bits per heavy atom. The van der Waals surface area contributed by atoms with Crippen LogP contribution >= 0.6 is 0 Å². The maximum Gasteiger partial charge on any atom is 0.250 e. The Morgan fingerprint density at radius 2 is 2.33 bits per heavy atom. The molecule has 1 aromatic rings. The van der Waals surface area contributed by atoms with Crippen LogP contribution in [0.4, 0.5) is 0 Å². The van der Waals surface area contributed by atoms with Crippen LogP contribution in [0.15, 0.2) is 23.1 Å². The first-order chi connectivity index (χ1) is 7.18. The molecule has 1 saturated heterocycles. The third kappa shape index (κ3) is 2.12. The van der Waals surface area contributed by atoms with E-state index in [1.807, 2.05) is 6.20 Å². The normalized spacial score (nSPS) is 26.5. The number of hydrogen-bond acceptors (Lipinski definition) is 2. The maximum atomic E-state index is 11.5. The Labute approximate surface area is 90.1 Å². The predicted octanol–water partition coefficient (Wildman–Crippen LogP) is 1.10. The molecule has 0 unspecified atom stereocenters. The summed E-state index contributed by atoms with van der Waals surface area (Å²) >= 11 is 0. The molecule has 3 heteroatoms. The van der Waals surface area contributed by atoms with Gasteiger partial charge in [-0.15, -0.1) is 0 Å². The smallest absolute Gasteiger partial charge is 0.250 e. The molecule has 2 rings (SSSR count). The number of nitrogens with zero attached hydrogens (tertiary/aromatic N) is 1. The first-order valence-electron chi connectivity index (χ1n) is 5.56. The maximum absolute atomic E-state index is 11.5. The number of aryl methyl sites for hydroxylation is 1. The van der Waals surface area contributed by atoms with Crippen molar-refractivity contribution in [2.45, 2.75) is 19.3 Å². The van der Waals surface area contributed by atoms with Gasteiger partial charge in [0, 0.05) is 19.3 Å². The molecule has 15 heavy (non-hydrogen) atoms. The highest BCUT2D eigenvalue weighted by molar-refractivity contribution is 5.18. The molecule has 0 aromatic carbocycles. The van der Waals surface area contributed by atoms with Gasteiger partial charge in [-0.05, 0) is 43.0 Å². The second-order valence-corrected chi connectivity index (χ2v) is 4.49. The highest BCUT2D eigenvalue weighted by atomic mass is 16.1. The number of piperidine rings is 1. The van der Waals surface area contributed by atoms with Gasteiger partial charge in [-0.2, -0.15) is 0 Å². The molecule has 0 radical (unpaired) electrons. The summed E-state index contributed by atoms with van der Waals surface area (Å²) in [5, 5.41) is 3.38. The fraction of sp³-hybridized carbons (Fsp3) is 0.583. The summed E-state index contributed by atoms with van der Waals surface area (Å²) in [6.07, 6.45) is 3.00. The molecule has 0 bridgehead atoms. The van der Waals surface area contributed by atoms with Crippen molar-refractivity contribution in [1.29, 1.82) is 0 Å². The second-order valence-electron chi connectivity index (χ2n) is 4.49. The Morgan fingerprint density at radius 3 is 3.00 bits per heavy atom. The average molecular weight is 206 g/mol. The minimum absolute atomic E-state index is 0.0956. The Balaban J connectivity index is 2.28. The Bertz CT molecular complexity index is 397. The van der Waals surface area contributed by atoms with Crippen LogP contribution < -0.4 is 10.9 Å². The monoisotopic (exact) mass is 206 g/mol. The zero-order valence-electron chi connectivity index (χ0n) is 9.36. The van der Waals surface area contributed by atoms with Crippen molar-refractivity contribution in [3.63, 3.8) is 0 Å². The summed E-state index contributed by atoms with van der Waals surface area (Å²) in [5.74, 6) is 1.16. The quantitative estimate of drug-likeness (QED) is 0.746. The van der Waals surface area contributed by atoms with Crippen molar-refractivity contribution >= 4 is 0 Å². The molecule has 3 nitrogen and oxygen atoms in total. The SMILES string of the molecule is C[C@H]1CNCC[C@@H]1c1ccn(C)c(=O)c1. The summed E-state index contributed by atoms with van der Waals surface area (Å²) in [4.78, 5) is 11.5. The van der Waals surface area contributed by atoms with Gasteiger partial charge in [0.1, 0.15) is 0 Å². The van der Waals surface area contributed by atoms with Crippen molar-refractivity contribution in [2.24, 2.45) is 13.0 Å². The molecule has 1 aromatic heterocycles. The lowest BCUT2D eigenvalue weighted by molar-refractivity contribution is 0.349. The minimum Gasteiger partial charge on any atom is -0.319 e. The average Bonchev–Trinajstić information content (AvgIpc) is 2.23. The fourth-order valence-electron chi connectivity index (χ4n) is 2.30. The van der Waals surface area contributed by atoms with Gasteiger partial charge in [0.2, 0.25) is 0 Å². The molecule has 0 amide bonds. The number of aromatic nitrogens is 1. The third-order valence-electron chi connectivity index (χ3n) is 3.34. The van der Waals surface area contributed by atoms with Crippen molar-refractivity contribution in [3.8, 4) is 0 Å². The standard InChI is InChI=1S/C12H18N2O/c1-9-8-13-5-3-11(9)10-4-6-14(2)12(15)7-10/h4,6-7,9,11,13H,3,5,8H2,1-2H3/t9-,11-/m0/s1. The first kappa shape index (κ1) is 10.4. The van der Waals surface area contributed by atoms with E-state index in [-0.39, 0.29) is 5.56 Å². The van der Waals surface area contributed by atoms with Crippen LogP contribution in [0.1, 0.15) is 24.8 Å². The van der Waals surface area contributed by atoms with Crippen LogP contribution in [-0.4, -0.2) is 17.7 Å². The Kier molecular flexibility index (Phi) is 2.91. The molecule has 2 heterocycles. The first-order valence-corrected chi connectivity index (χ1v) is 5.56. The third-order valence-corrected chi connectivity index (χ3v) is 3.34. The second kappa shape index (κ2) is 4.19. The lowest BCUT2D eigenvalue weighted by Crippen LogP contribution is -2.34. The zero-order valence-corrected chi connectivity index (χ0v) is 9.36. The highest BCUT2D eigenvalue weighted by Gasteiger charge is 2.22. The van der Waals surface area contributed by atoms with Crippen molar-refractivity contribution in [3.05, 3.63) is 34.2 Å². The van der Waals surface area contributed by atoms with Gasteiger partial charge >= 0.3 is 0 Å². The van der Waals surface area contributed by atoms with E-state index in [2.05, 4.69) is 18.3 Å². The van der Waals surface area contributed by atoms with Crippen molar-refractivity contribution < 1.29 is 0 Å². The zero-order chi connectivity index (χ0) is 10.8. The van der Waals surface area contributed by atoms with Gasteiger partial charge in [-0.3, -0.25) is 4.79 Å². The van der Waals surface area contributed by atoms with Crippen molar-refractivity contribution in [2.75, 3.05) is 13.1 Å². The van der Waals surface area contributed by atoms with Gasteiger partial charge in [0.15, 0.2) is 0 Å². The van der Waals surface area contributed by atoms with Crippen LogP contribution in [0.5, 0.6) is 0 Å². The van der Waals surface area contributed by atoms with Crippen molar-refractivity contribution in [1.82, 2.24) is 9.88 Å². The predicted molar refractivity (Wildman–Crippen MR) is 61.1 cm³/mol. The van der Waals surface area contributed by atoms with Crippen LogP contribution in [0.3, 0.4) is 0 Å². The minimum atomic E-state index is 0.0956. The molecule has 1 fully saturated rings. The number of hydrogen-bond donors (Lipinski definition) is 1. The lowest BCUT2D eigenvalue weighted by atomic mass is 9.83. The number of rotatable bonds is 1. The van der Waals surface area contributed by atoms with E-state index in [1.165, 1.54) is 5.56 Å². The van der Waals surface area contributed by atoms with Gasteiger partial charge in [-0.1, -0.05) is 6.92 Å². The molecule has 0 aliphatic carbocycles. The van der Waals surface area contributed by atoms with E-state index in [1.54, 1.807) is 17.7 Å². The van der Waals surface area contributed by atoms with Gasteiger partial charge in [0.25, 0.3) is 5.56 Å². The topological polar surface area (TPSA) is 34.0 Å². The largest absolute Gasteiger partial charge is 0.319 e. The number of pyridine rings is 1. The summed E-state index contributed by atoms with van der Waals surface area (Å²) in [6.45, 7) is 4.36. The van der Waals surface area contributed by atoms with E-state index in [9.17, 15) is 4.79 Å². The summed E-state index contributed by atoms with van der Waals surface area (Å²) < 4.78 is 1.62. The molecule has 0 spiro atoms. The molecule has 0 saturated carbocycles. The molecule has 1 aliphatic heterocycles. The number of nitrogens with one attached hydrogen (secondary N) is 1. The summed E-state index contributed by atoms with van der Waals surface area (Å²) in [5.41, 5.74) is 1.30. The van der Waals surface area contributed by atoms with Crippen LogP contribution in [-0.2, 0) is 7.05 Å². The molecule has 1 N–H and O–H groups in total. The van der Waals surface area contributed by atoms with Crippen LogP contribution in [0.2, 0.25) is 0 Å². The highest BCUT2D eigenvalue weighted by Crippen LogP contribution is 2.28. The fourth-order valence-corrected chi connectivity index (χ4v) is 2.30. The van der Waals surface area contributed by atoms with E-state index in [4.69, 9.17) is 0 Å². The summed E-state index contributed by atoms with van der Waals surface area (Å²) in [6, 6.07) is 3.86. The lowest BCUT2D eigenvalue weighted by Gasteiger charge is -2.29. The molecular weight excluding hydrogens is 188 g/mol. The van der Waals surface area contributed by atoms with Crippen LogP contribution in [0.25, 0.3) is 0 Å². The Hall–Kier alpha value is -1.09.